The Labute approximate surface area is 151 Å². The molecule has 2 aromatic rings. The van der Waals surface area contributed by atoms with Crippen LogP contribution in [0.25, 0.3) is 0 Å². The molecule has 140 valence electrons. The van der Waals surface area contributed by atoms with Crippen molar-refractivity contribution >= 4 is 10.0 Å². The van der Waals surface area contributed by atoms with Crippen molar-refractivity contribution in [3.8, 4) is 5.75 Å². The Kier molecular flexibility index (Phi) is 5.27. The van der Waals surface area contributed by atoms with Crippen molar-refractivity contribution in [1.82, 2.24) is 4.31 Å². The maximum absolute atomic E-state index is 13.5. The molecule has 8 heteroatoms. The van der Waals surface area contributed by atoms with E-state index in [-0.39, 0.29) is 11.5 Å². The highest BCUT2D eigenvalue weighted by atomic mass is 32.2. The van der Waals surface area contributed by atoms with Crippen molar-refractivity contribution in [2.75, 3.05) is 13.7 Å². The molecule has 0 N–H and O–H groups in total. The summed E-state index contributed by atoms with van der Waals surface area (Å²) in [5.74, 6) is 0.574. The van der Waals surface area contributed by atoms with Crippen molar-refractivity contribution < 1.29 is 26.7 Å². The van der Waals surface area contributed by atoms with Crippen LogP contribution in [0.2, 0.25) is 0 Å². The van der Waals surface area contributed by atoms with E-state index < -0.39 is 28.7 Å². The molecule has 0 amide bonds. The lowest BCUT2D eigenvalue weighted by atomic mass is 10.2. The van der Waals surface area contributed by atoms with Crippen molar-refractivity contribution in [1.29, 1.82) is 0 Å². The standard InChI is InChI=1S/C18H19F2NO4S/c1-12-3-9-15(10-4-12)26(22,23)21-16(17(19)20)11-25-18(21)13-5-7-14(24-2)8-6-13/h3-10,16-18H,11H2,1-2H3. The van der Waals surface area contributed by atoms with Gasteiger partial charge in [0.25, 0.3) is 6.43 Å². The smallest absolute Gasteiger partial charge is 0.257 e. The van der Waals surface area contributed by atoms with Gasteiger partial charge in [-0.05, 0) is 36.8 Å². The Morgan fingerprint density at radius 1 is 1.12 bits per heavy atom. The zero-order chi connectivity index (χ0) is 18.9. The monoisotopic (exact) mass is 383 g/mol. The first kappa shape index (κ1) is 18.8. The van der Waals surface area contributed by atoms with Crippen LogP contribution in [-0.4, -0.2) is 38.9 Å². The largest absolute Gasteiger partial charge is 0.497 e. The quantitative estimate of drug-likeness (QED) is 0.795. The minimum atomic E-state index is -4.17. The average Bonchev–Trinajstić information content (AvgIpc) is 3.08. The van der Waals surface area contributed by atoms with Crippen LogP contribution in [0.1, 0.15) is 17.4 Å². The number of ether oxygens (including phenoxy) is 2. The van der Waals surface area contributed by atoms with E-state index in [1.807, 2.05) is 6.92 Å². The molecule has 0 aliphatic carbocycles. The molecule has 2 atom stereocenters. The summed E-state index contributed by atoms with van der Waals surface area (Å²) in [4.78, 5) is -0.0437. The van der Waals surface area contributed by atoms with E-state index in [9.17, 15) is 17.2 Å². The number of alkyl halides is 2. The van der Waals surface area contributed by atoms with E-state index in [0.717, 1.165) is 9.87 Å². The van der Waals surface area contributed by atoms with Crippen LogP contribution in [0, 0.1) is 6.92 Å². The van der Waals surface area contributed by atoms with Crippen LogP contribution in [0.4, 0.5) is 8.78 Å². The molecule has 2 aromatic carbocycles. The molecule has 0 aromatic heterocycles. The normalized spacial score (nSPS) is 21.3. The number of hydrogen-bond acceptors (Lipinski definition) is 4. The summed E-state index contributed by atoms with van der Waals surface area (Å²) in [6.07, 6.45) is -3.98. The molecule has 1 aliphatic heterocycles. The maximum Gasteiger partial charge on any atom is 0.257 e. The van der Waals surface area contributed by atoms with Crippen LogP contribution in [0.3, 0.4) is 0 Å². The summed E-state index contributed by atoms with van der Waals surface area (Å²) >= 11 is 0. The first-order valence-corrected chi connectivity index (χ1v) is 9.42. The van der Waals surface area contributed by atoms with Crippen LogP contribution in [0.15, 0.2) is 53.4 Å². The third-order valence-corrected chi connectivity index (χ3v) is 6.16. The maximum atomic E-state index is 13.5. The predicted octanol–water partition coefficient (Wildman–Crippen LogP) is 3.36. The Hall–Kier alpha value is -2.03. The summed E-state index contributed by atoms with van der Waals surface area (Å²) < 4.78 is 64.4. The number of nitrogens with zero attached hydrogens (tertiary/aromatic N) is 1. The first-order chi connectivity index (χ1) is 12.3. The molecule has 1 fully saturated rings. The number of methoxy groups -OCH3 is 1. The second kappa shape index (κ2) is 7.30. The SMILES string of the molecule is COc1ccc(C2OCC(C(F)F)N2S(=O)(=O)c2ccc(C)cc2)cc1. The summed E-state index contributed by atoms with van der Waals surface area (Å²) in [5.41, 5.74) is 1.34. The van der Waals surface area contributed by atoms with E-state index in [4.69, 9.17) is 9.47 Å². The zero-order valence-corrected chi connectivity index (χ0v) is 15.1. The Bertz CT molecular complexity index is 854. The predicted molar refractivity (Wildman–Crippen MR) is 91.7 cm³/mol. The molecule has 1 saturated heterocycles. The molecule has 1 heterocycles. The van der Waals surface area contributed by atoms with Gasteiger partial charge < -0.3 is 9.47 Å². The van der Waals surface area contributed by atoms with Crippen molar-refractivity contribution in [3.63, 3.8) is 0 Å². The van der Waals surface area contributed by atoms with Crippen molar-refractivity contribution in [2.24, 2.45) is 0 Å². The molecular formula is C18H19F2NO4S. The average molecular weight is 383 g/mol. The number of benzene rings is 2. The van der Waals surface area contributed by atoms with E-state index in [1.165, 1.54) is 19.2 Å². The van der Waals surface area contributed by atoms with E-state index >= 15 is 0 Å². The topological polar surface area (TPSA) is 55.8 Å². The molecule has 0 bridgehead atoms. The van der Waals surface area contributed by atoms with Gasteiger partial charge in [-0.25, -0.2) is 17.2 Å². The summed E-state index contributed by atoms with van der Waals surface area (Å²) in [5, 5.41) is 0. The van der Waals surface area contributed by atoms with Gasteiger partial charge in [0.05, 0.1) is 18.6 Å². The molecule has 2 unspecified atom stereocenters. The summed E-state index contributed by atoms with van der Waals surface area (Å²) in [6, 6.07) is 11.0. The van der Waals surface area contributed by atoms with Gasteiger partial charge in [-0.3, -0.25) is 0 Å². The lowest BCUT2D eigenvalue weighted by molar-refractivity contribution is 0.0630. The molecule has 0 saturated carbocycles. The van der Waals surface area contributed by atoms with Crippen LogP contribution < -0.4 is 4.74 Å². The number of sulfonamides is 1. The fraction of sp³-hybridized carbons (Fsp3) is 0.333. The molecular weight excluding hydrogens is 364 g/mol. The van der Waals surface area contributed by atoms with Gasteiger partial charge in [-0.1, -0.05) is 29.8 Å². The zero-order valence-electron chi connectivity index (χ0n) is 14.3. The minimum Gasteiger partial charge on any atom is -0.497 e. The van der Waals surface area contributed by atoms with Gasteiger partial charge in [0.15, 0.2) is 6.23 Å². The molecule has 3 rings (SSSR count). The highest BCUT2D eigenvalue weighted by molar-refractivity contribution is 7.89. The third-order valence-electron chi connectivity index (χ3n) is 4.27. The molecule has 0 radical (unpaired) electrons. The lowest BCUT2D eigenvalue weighted by Crippen LogP contribution is -2.42. The van der Waals surface area contributed by atoms with Crippen LogP contribution in [-0.2, 0) is 14.8 Å². The Balaban J connectivity index is 2.03. The van der Waals surface area contributed by atoms with E-state index in [2.05, 4.69) is 0 Å². The highest BCUT2D eigenvalue weighted by Gasteiger charge is 2.48. The first-order valence-electron chi connectivity index (χ1n) is 7.98. The van der Waals surface area contributed by atoms with Crippen LogP contribution in [0.5, 0.6) is 5.75 Å². The Morgan fingerprint density at radius 3 is 2.27 bits per heavy atom. The Morgan fingerprint density at radius 2 is 1.73 bits per heavy atom. The number of hydrogen-bond donors (Lipinski definition) is 0. The number of aryl methyl sites for hydroxylation is 1. The third kappa shape index (κ3) is 3.44. The molecule has 26 heavy (non-hydrogen) atoms. The second-order valence-electron chi connectivity index (χ2n) is 6.01. The van der Waals surface area contributed by atoms with E-state index in [1.54, 1.807) is 36.4 Å². The van der Waals surface area contributed by atoms with Gasteiger partial charge in [0.2, 0.25) is 10.0 Å². The van der Waals surface area contributed by atoms with Crippen LogP contribution >= 0.6 is 0 Å². The fourth-order valence-corrected chi connectivity index (χ4v) is 4.51. The highest BCUT2D eigenvalue weighted by Crippen LogP contribution is 2.38. The number of halogens is 2. The molecule has 0 spiro atoms. The molecule has 1 aliphatic rings. The van der Waals surface area contributed by atoms with Gasteiger partial charge in [0, 0.05) is 0 Å². The van der Waals surface area contributed by atoms with Crippen molar-refractivity contribution in [2.45, 2.75) is 30.5 Å². The minimum absolute atomic E-state index is 0.0437. The summed E-state index contributed by atoms with van der Waals surface area (Å²) in [7, 11) is -2.66. The van der Waals surface area contributed by atoms with Crippen molar-refractivity contribution in [3.05, 3.63) is 59.7 Å². The van der Waals surface area contributed by atoms with Gasteiger partial charge in [0.1, 0.15) is 11.8 Å². The second-order valence-corrected chi connectivity index (χ2v) is 7.85. The lowest BCUT2D eigenvalue weighted by Gasteiger charge is -2.27. The van der Waals surface area contributed by atoms with Gasteiger partial charge >= 0.3 is 0 Å². The summed E-state index contributed by atoms with van der Waals surface area (Å²) in [6.45, 7) is 1.44. The van der Waals surface area contributed by atoms with Gasteiger partial charge in [-0.15, -0.1) is 0 Å². The number of rotatable bonds is 5. The fourth-order valence-electron chi connectivity index (χ4n) is 2.84. The van der Waals surface area contributed by atoms with Gasteiger partial charge in [-0.2, -0.15) is 4.31 Å². The van der Waals surface area contributed by atoms with E-state index in [0.29, 0.717) is 11.3 Å². The molecule has 5 nitrogen and oxygen atoms in total.